The Morgan fingerprint density at radius 3 is 2.56 bits per heavy atom. The lowest BCUT2D eigenvalue weighted by Crippen LogP contribution is -2.46. The number of nitrogens with zero attached hydrogens (tertiary/aromatic N) is 1. The van der Waals surface area contributed by atoms with E-state index in [1.807, 2.05) is 0 Å². The van der Waals surface area contributed by atoms with Crippen molar-refractivity contribution in [2.75, 3.05) is 32.5 Å². The van der Waals surface area contributed by atoms with Crippen LogP contribution < -0.4 is 10.6 Å². The minimum Gasteiger partial charge on any atom is -0.373 e. The molecule has 2 rings (SSSR count). The molecule has 0 saturated carbocycles. The van der Waals surface area contributed by atoms with Gasteiger partial charge in [-0.15, -0.1) is 24.0 Å². The summed E-state index contributed by atoms with van der Waals surface area (Å²) < 4.78 is 31.2. The fraction of sp³-hybridized carbons (Fsp3) is 0.562. The summed E-state index contributed by atoms with van der Waals surface area (Å²) >= 11 is 3.30. The third-order valence-electron chi connectivity index (χ3n) is 3.99. The van der Waals surface area contributed by atoms with Crippen molar-refractivity contribution < 1.29 is 13.2 Å². The van der Waals surface area contributed by atoms with Crippen LogP contribution >= 0.6 is 39.9 Å². The van der Waals surface area contributed by atoms with Gasteiger partial charge in [0.2, 0.25) is 0 Å². The molecule has 0 aromatic heterocycles. The molecule has 9 heteroatoms. The summed E-state index contributed by atoms with van der Waals surface area (Å²) in [7, 11) is -1.65. The van der Waals surface area contributed by atoms with Gasteiger partial charge in [0.05, 0.1) is 16.2 Å². The molecule has 1 aliphatic rings. The van der Waals surface area contributed by atoms with Crippen LogP contribution in [0, 0.1) is 0 Å². The van der Waals surface area contributed by atoms with Crippen molar-refractivity contribution in [3.63, 3.8) is 0 Å². The second kappa shape index (κ2) is 10.1. The van der Waals surface area contributed by atoms with E-state index < -0.39 is 9.84 Å². The Morgan fingerprint density at radius 1 is 1.32 bits per heavy atom. The lowest BCUT2D eigenvalue weighted by atomic mass is 10.0. The monoisotopic (exact) mass is 545 g/mol. The first-order valence-corrected chi connectivity index (χ1v) is 10.4. The first-order chi connectivity index (χ1) is 11.3. The van der Waals surface area contributed by atoms with Gasteiger partial charge in [-0.25, -0.2) is 8.42 Å². The summed E-state index contributed by atoms with van der Waals surface area (Å²) in [5.74, 6) is 0.584. The lowest BCUT2D eigenvalue weighted by Gasteiger charge is -2.24. The fourth-order valence-corrected chi connectivity index (χ4v) is 3.95. The Kier molecular flexibility index (Phi) is 9.13. The molecule has 0 radical (unpaired) electrons. The zero-order valence-corrected chi connectivity index (χ0v) is 19.2. The van der Waals surface area contributed by atoms with Crippen LogP contribution in [-0.2, 0) is 14.6 Å². The van der Waals surface area contributed by atoms with E-state index in [4.69, 9.17) is 4.74 Å². The maximum Gasteiger partial charge on any atom is 0.191 e. The van der Waals surface area contributed by atoms with E-state index in [1.54, 1.807) is 31.3 Å². The Bertz CT molecular complexity index is 674. The number of halogens is 2. The van der Waals surface area contributed by atoms with Gasteiger partial charge in [-0.2, -0.15) is 0 Å². The molecule has 1 aromatic rings. The normalized spacial score (nSPS) is 20.8. The summed E-state index contributed by atoms with van der Waals surface area (Å²) in [6, 6.07) is 6.65. The van der Waals surface area contributed by atoms with Gasteiger partial charge in [-0.3, -0.25) is 4.99 Å². The molecular formula is C16H25BrIN3O3S. The topological polar surface area (TPSA) is 79.8 Å². The van der Waals surface area contributed by atoms with Crippen molar-refractivity contribution in [2.24, 2.45) is 4.99 Å². The molecule has 1 aliphatic heterocycles. The third kappa shape index (κ3) is 7.03. The molecule has 0 spiro atoms. The quantitative estimate of drug-likeness (QED) is 0.326. The highest BCUT2D eigenvalue weighted by Crippen LogP contribution is 2.23. The largest absolute Gasteiger partial charge is 0.373 e. The minimum atomic E-state index is -3.31. The van der Waals surface area contributed by atoms with Crippen molar-refractivity contribution >= 4 is 55.7 Å². The van der Waals surface area contributed by atoms with E-state index in [2.05, 4.69) is 38.5 Å². The molecule has 2 N–H and O–H groups in total. The number of sulfone groups is 1. The van der Waals surface area contributed by atoms with Gasteiger partial charge in [0.1, 0.15) is 0 Å². The van der Waals surface area contributed by atoms with Crippen molar-refractivity contribution in [3.05, 3.63) is 28.7 Å². The van der Waals surface area contributed by atoms with Gasteiger partial charge in [0.25, 0.3) is 0 Å². The number of aliphatic imine (C=N–C) groups is 1. The molecule has 0 amide bonds. The molecule has 1 saturated heterocycles. The van der Waals surface area contributed by atoms with Gasteiger partial charge in [-0.05, 0) is 44.0 Å². The number of nitrogens with one attached hydrogen (secondary N) is 2. The molecule has 25 heavy (non-hydrogen) atoms. The average Bonchev–Trinajstić information content (AvgIpc) is 2.98. The predicted molar refractivity (Wildman–Crippen MR) is 115 cm³/mol. The number of guanidine groups is 1. The van der Waals surface area contributed by atoms with E-state index in [1.165, 1.54) is 0 Å². The number of hydrogen-bond acceptors (Lipinski definition) is 4. The van der Waals surface area contributed by atoms with Gasteiger partial charge in [0, 0.05) is 31.2 Å². The van der Waals surface area contributed by atoms with E-state index in [0.29, 0.717) is 17.4 Å². The van der Waals surface area contributed by atoms with Crippen LogP contribution in [0.3, 0.4) is 0 Å². The summed E-state index contributed by atoms with van der Waals surface area (Å²) in [5, 5.41) is 6.24. The zero-order valence-electron chi connectivity index (χ0n) is 14.4. The highest BCUT2D eigenvalue weighted by molar-refractivity contribution is 14.0. The van der Waals surface area contributed by atoms with E-state index >= 15 is 0 Å². The molecular weight excluding hydrogens is 521 g/mol. The van der Waals surface area contributed by atoms with Crippen LogP contribution in [-0.4, -0.2) is 52.5 Å². The Morgan fingerprint density at radius 2 is 2.00 bits per heavy atom. The molecule has 1 heterocycles. The number of ether oxygens (including phenoxy) is 1. The summed E-state index contributed by atoms with van der Waals surface area (Å²) in [5.41, 5.74) is -0.179. The predicted octanol–water partition coefficient (Wildman–Crippen LogP) is 2.57. The van der Waals surface area contributed by atoms with Crippen LogP contribution in [0.5, 0.6) is 0 Å². The highest BCUT2D eigenvalue weighted by atomic mass is 127. The lowest BCUT2D eigenvalue weighted by molar-refractivity contribution is 0.0243. The molecule has 1 fully saturated rings. The van der Waals surface area contributed by atoms with Crippen LogP contribution in [0.15, 0.2) is 38.6 Å². The van der Waals surface area contributed by atoms with Gasteiger partial charge < -0.3 is 15.4 Å². The molecule has 1 unspecified atom stereocenters. The van der Waals surface area contributed by atoms with Crippen LogP contribution in [0.1, 0.15) is 19.8 Å². The number of hydrogen-bond donors (Lipinski definition) is 2. The fourth-order valence-electron chi connectivity index (χ4n) is 2.53. The third-order valence-corrected chi connectivity index (χ3v) is 6.25. The molecule has 1 aromatic carbocycles. The van der Waals surface area contributed by atoms with Crippen molar-refractivity contribution in [3.8, 4) is 0 Å². The van der Waals surface area contributed by atoms with Crippen LogP contribution in [0.4, 0.5) is 0 Å². The summed E-state index contributed by atoms with van der Waals surface area (Å²) in [6.45, 7) is 3.79. The standard InChI is InChI=1S/C16H24BrN3O3S.HI/c1-16(8-3-10-23-16)12-20-15(18-2)19-9-11-24(21,22)14-6-4-13(17)5-7-14;/h4-7H,3,8-12H2,1-2H3,(H2,18,19,20);1H. The second-order valence-corrected chi connectivity index (χ2v) is 9.05. The first kappa shape index (κ1) is 22.7. The van der Waals surface area contributed by atoms with Crippen LogP contribution in [0.25, 0.3) is 0 Å². The number of benzene rings is 1. The Labute approximate surface area is 175 Å². The van der Waals surface area contributed by atoms with Crippen LogP contribution in [0.2, 0.25) is 0 Å². The zero-order chi connectivity index (χ0) is 17.6. The maximum atomic E-state index is 12.3. The number of rotatable bonds is 6. The Balaban J connectivity index is 0.00000312. The molecule has 6 nitrogen and oxygen atoms in total. The first-order valence-electron chi connectivity index (χ1n) is 7.91. The second-order valence-electron chi connectivity index (χ2n) is 6.03. The smallest absolute Gasteiger partial charge is 0.191 e. The minimum absolute atomic E-state index is 0. The highest BCUT2D eigenvalue weighted by Gasteiger charge is 2.29. The van der Waals surface area contributed by atoms with Gasteiger partial charge in [0.15, 0.2) is 15.8 Å². The van der Waals surface area contributed by atoms with Gasteiger partial charge >= 0.3 is 0 Å². The summed E-state index contributed by atoms with van der Waals surface area (Å²) in [4.78, 5) is 4.44. The van der Waals surface area contributed by atoms with Crippen molar-refractivity contribution in [1.29, 1.82) is 0 Å². The molecule has 0 bridgehead atoms. The van der Waals surface area contributed by atoms with Gasteiger partial charge in [-0.1, -0.05) is 15.9 Å². The molecule has 1 atom stereocenters. The Hall–Kier alpha value is -0.390. The van der Waals surface area contributed by atoms with Crippen molar-refractivity contribution in [2.45, 2.75) is 30.3 Å². The average molecular weight is 546 g/mol. The molecule has 0 aliphatic carbocycles. The van der Waals surface area contributed by atoms with Crippen molar-refractivity contribution in [1.82, 2.24) is 10.6 Å². The van der Waals surface area contributed by atoms with E-state index in [0.717, 1.165) is 23.9 Å². The van der Waals surface area contributed by atoms with E-state index in [-0.39, 0.29) is 41.9 Å². The maximum absolute atomic E-state index is 12.3. The molecule has 142 valence electrons. The SMILES string of the molecule is CN=C(NCCS(=O)(=O)c1ccc(Br)cc1)NCC1(C)CCCO1.I. The van der Waals surface area contributed by atoms with E-state index in [9.17, 15) is 8.42 Å². The summed E-state index contributed by atoms with van der Waals surface area (Å²) in [6.07, 6.45) is 2.07.